The highest BCUT2D eigenvalue weighted by atomic mass is 32.2. The molecule has 2 aromatic carbocycles. The first kappa shape index (κ1) is 21.6. The van der Waals surface area contributed by atoms with Crippen LogP contribution in [0.15, 0.2) is 52.6 Å². The van der Waals surface area contributed by atoms with E-state index in [0.29, 0.717) is 13.0 Å². The van der Waals surface area contributed by atoms with Gasteiger partial charge in [-0.3, -0.25) is 10.2 Å². The lowest BCUT2D eigenvalue weighted by Crippen LogP contribution is -2.53. The summed E-state index contributed by atoms with van der Waals surface area (Å²) in [6, 6.07) is 8.82. The number of fused-ring (bicyclic) bond motifs is 1. The van der Waals surface area contributed by atoms with Gasteiger partial charge in [-0.05, 0) is 55.7 Å². The number of ether oxygens (including phenoxy) is 3. The first-order chi connectivity index (χ1) is 15.6. The molecule has 0 aliphatic carbocycles. The van der Waals surface area contributed by atoms with Crippen molar-refractivity contribution >= 4 is 15.7 Å². The van der Waals surface area contributed by atoms with Gasteiger partial charge in [-0.25, -0.2) is 8.42 Å². The third-order valence-electron chi connectivity index (χ3n) is 5.38. The fraction of sp³-hybridized carbons (Fsp3) is 0.286. The van der Waals surface area contributed by atoms with Crippen LogP contribution in [0.4, 0.5) is 13.2 Å². The maximum Gasteiger partial charge on any atom is 0.416 e. The van der Waals surface area contributed by atoms with E-state index in [9.17, 15) is 26.4 Å². The van der Waals surface area contributed by atoms with Crippen LogP contribution >= 0.6 is 0 Å². The van der Waals surface area contributed by atoms with Crippen LogP contribution in [-0.4, -0.2) is 32.1 Å². The molecule has 2 aromatic rings. The summed E-state index contributed by atoms with van der Waals surface area (Å²) in [4.78, 5) is 13.0. The monoisotopic (exact) mass is 482 g/mol. The second-order valence-electron chi connectivity index (χ2n) is 7.64. The van der Waals surface area contributed by atoms with Gasteiger partial charge < -0.3 is 14.2 Å². The van der Waals surface area contributed by atoms with Crippen LogP contribution in [0, 0.1) is 0 Å². The highest BCUT2D eigenvalue weighted by molar-refractivity contribution is 8.05. The maximum absolute atomic E-state index is 13.0. The molecule has 0 radical (unpaired) electrons. The number of nitrogens with zero attached hydrogens (tertiary/aromatic N) is 1. The number of halogens is 3. The smallest absolute Gasteiger partial charge is 0.416 e. The predicted octanol–water partition coefficient (Wildman–Crippen LogP) is 3.57. The zero-order valence-corrected chi connectivity index (χ0v) is 17.7. The molecule has 1 unspecified atom stereocenters. The number of hydrogen-bond donors (Lipinski definition) is 1. The average molecular weight is 482 g/mol. The van der Waals surface area contributed by atoms with Gasteiger partial charge in [-0.15, -0.1) is 0 Å². The van der Waals surface area contributed by atoms with Crippen molar-refractivity contribution in [3.63, 3.8) is 0 Å². The highest BCUT2D eigenvalue weighted by Gasteiger charge is 2.54. The third kappa shape index (κ3) is 4.00. The number of para-hydroxylation sites is 1. The SMILES string of the molecule is O=C(NN1CCCCC1Oc1ccc(C(F)(F)F)cc1)c1cccc2c1OC1=C(O2)S1(=O)=O. The quantitative estimate of drug-likeness (QED) is 0.712. The van der Waals surface area contributed by atoms with E-state index >= 15 is 0 Å². The number of rotatable bonds is 4. The molecular formula is C21H17F3N2O6S. The number of sulfone groups is 1. The summed E-state index contributed by atoms with van der Waals surface area (Å²) in [7, 11) is -3.67. The van der Waals surface area contributed by atoms with Crippen molar-refractivity contribution in [3.05, 3.63) is 63.8 Å². The molecule has 3 aliphatic rings. The predicted molar refractivity (Wildman–Crippen MR) is 108 cm³/mol. The summed E-state index contributed by atoms with van der Waals surface area (Å²) in [6.45, 7) is 0.451. The Morgan fingerprint density at radius 2 is 1.79 bits per heavy atom. The van der Waals surface area contributed by atoms with Gasteiger partial charge in [0, 0.05) is 6.54 Å². The minimum Gasteiger partial charge on any atom is -0.473 e. The molecule has 0 bridgehead atoms. The van der Waals surface area contributed by atoms with Crippen LogP contribution in [0.3, 0.4) is 0 Å². The van der Waals surface area contributed by atoms with E-state index in [1.807, 2.05) is 0 Å². The highest BCUT2D eigenvalue weighted by Crippen LogP contribution is 2.49. The minimum atomic E-state index is -4.44. The summed E-state index contributed by atoms with van der Waals surface area (Å²) >= 11 is 0. The van der Waals surface area contributed by atoms with Crippen molar-refractivity contribution in [1.29, 1.82) is 0 Å². The van der Waals surface area contributed by atoms with E-state index in [0.717, 1.165) is 25.0 Å². The normalized spacial score (nSPS) is 21.2. The topological polar surface area (TPSA) is 94.2 Å². The number of hydrogen-bond acceptors (Lipinski definition) is 7. The van der Waals surface area contributed by atoms with Crippen molar-refractivity contribution in [2.75, 3.05) is 6.54 Å². The first-order valence-electron chi connectivity index (χ1n) is 10.0. The fourth-order valence-corrected chi connectivity index (χ4v) is 4.65. The third-order valence-corrected chi connectivity index (χ3v) is 6.69. The van der Waals surface area contributed by atoms with Crippen LogP contribution < -0.4 is 19.6 Å². The van der Waals surface area contributed by atoms with Gasteiger partial charge in [0.15, 0.2) is 17.7 Å². The Morgan fingerprint density at radius 3 is 2.52 bits per heavy atom. The number of amides is 1. The molecular weight excluding hydrogens is 465 g/mol. The number of carbonyl (C=O) groups is 1. The van der Waals surface area contributed by atoms with Gasteiger partial charge in [-0.2, -0.15) is 18.2 Å². The van der Waals surface area contributed by atoms with Crippen LogP contribution in [0.2, 0.25) is 0 Å². The van der Waals surface area contributed by atoms with Crippen LogP contribution in [0.5, 0.6) is 17.2 Å². The molecule has 0 spiro atoms. The molecule has 1 amide bonds. The van der Waals surface area contributed by atoms with Crippen LogP contribution in [0.1, 0.15) is 35.2 Å². The molecule has 1 fully saturated rings. The molecule has 5 rings (SSSR count). The number of nitrogens with one attached hydrogen (secondary N) is 1. The second kappa shape index (κ2) is 7.66. The lowest BCUT2D eigenvalue weighted by atomic mass is 10.1. The van der Waals surface area contributed by atoms with Gasteiger partial charge in [0.1, 0.15) is 5.75 Å². The van der Waals surface area contributed by atoms with Crippen molar-refractivity contribution in [2.24, 2.45) is 0 Å². The number of benzene rings is 2. The van der Waals surface area contributed by atoms with Crippen LogP contribution in [-0.2, 0) is 16.0 Å². The number of alkyl halides is 3. The first-order valence-corrected chi connectivity index (χ1v) is 11.5. The lowest BCUT2D eigenvalue weighted by molar-refractivity contribution is -0.137. The van der Waals surface area contributed by atoms with E-state index < -0.39 is 33.7 Å². The Morgan fingerprint density at radius 1 is 1.06 bits per heavy atom. The van der Waals surface area contributed by atoms with Gasteiger partial charge >= 0.3 is 6.18 Å². The molecule has 1 saturated heterocycles. The van der Waals surface area contributed by atoms with Crippen molar-refractivity contribution < 1.29 is 40.6 Å². The number of hydrazine groups is 1. The largest absolute Gasteiger partial charge is 0.473 e. The number of piperidine rings is 1. The van der Waals surface area contributed by atoms with Crippen molar-refractivity contribution in [1.82, 2.24) is 10.4 Å². The van der Waals surface area contributed by atoms with Gasteiger partial charge in [0.2, 0.25) is 0 Å². The molecule has 1 N–H and O–H groups in total. The Kier molecular flexibility index (Phi) is 5.01. The Hall–Kier alpha value is -3.25. The zero-order valence-electron chi connectivity index (χ0n) is 16.9. The summed E-state index contributed by atoms with van der Waals surface area (Å²) < 4.78 is 78.4. The van der Waals surface area contributed by atoms with E-state index in [1.165, 1.54) is 30.3 Å². The molecule has 0 aromatic heterocycles. The van der Waals surface area contributed by atoms with Crippen LogP contribution in [0.25, 0.3) is 0 Å². The Bertz CT molecular complexity index is 1260. The maximum atomic E-state index is 13.0. The standard InChI is InChI=1S/C21H17F3N2O6S/c22-21(23,24)12-7-9-13(10-8-12)30-16-6-1-2-11-26(16)25-18(27)14-4-3-5-15-17(14)32-20-19(31-15)33(20,28)29/h3-5,7-10,16H,1-2,6,11H2,(H,25,27). The average Bonchev–Trinajstić information content (AvgIpc) is 3.32. The number of carbonyl (C=O) groups excluding carboxylic acids is 1. The van der Waals surface area contributed by atoms with E-state index in [4.69, 9.17) is 14.2 Å². The molecule has 1 atom stereocenters. The van der Waals surface area contributed by atoms with Crippen molar-refractivity contribution in [2.45, 2.75) is 31.7 Å². The van der Waals surface area contributed by atoms with Gasteiger partial charge in [0.05, 0.1) is 11.1 Å². The summed E-state index contributed by atoms with van der Waals surface area (Å²) in [5.74, 6) is -0.229. The summed E-state index contributed by atoms with van der Waals surface area (Å²) in [5.41, 5.74) is 2.02. The molecule has 0 saturated carbocycles. The molecule has 3 aliphatic heterocycles. The Balaban J connectivity index is 1.30. The Labute approximate surface area is 186 Å². The fourth-order valence-electron chi connectivity index (χ4n) is 3.65. The lowest BCUT2D eigenvalue weighted by Gasteiger charge is -2.35. The summed E-state index contributed by atoms with van der Waals surface area (Å²) in [6.07, 6.45) is -2.92. The molecule has 8 nitrogen and oxygen atoms in total. The zero-order chi connectivity index (χ0) is 23.4. The van der Waals surface area contributed by atoms with E-state index in [2.05, 4.69) is 5.43 Å². The molecule has 33 heavy (non-hydrogen) atoms. The summed E-state index contributed by atoms with van der Waals surface area (Å²) in [5, 5.41) is 0.996. The second-order valence-corrected chi connectivity index (χ2v) is 9.39. The van der Waals surface area contributed by atoms with Gasteiger partial charge in [-0.1, -0.05) is 6.07 Å². The molecule has 12 heteroatoms. The van der Waals surface area contributed by atoms with Gasteiger partial charge in [0.25, 0.3) is 25.9 Å². The van der Waals surface area contributed by atoms with E-state index in [1.54, 1.807) is 5.01 Å². The minimum absolute atomic E-state index is 0.00737. The van der Waals surface area contributed by atoms with Crippen molar-refractivity contribution in [3.8, 4) is 17.2 Å². The van der Waals surface area contributed by atoms with E-state index in [-0.39, 0.29) is 33.0 Å². The molecule has 3 heterocycles. The molecule has 174 valence electrons.